The molecule has 1 aliphatic rings. The summed E-state index contributed by atoms with van der Waals surface area (Å²) in [4.78, 5) is 2.78. The number of ether oxygens (including phenoxy) is 1. The third kappa shape index (κ3) is 3.12. The Hall–Kier alpha value is -0.970. The summed E-state index contributed by atoms with van der Waals surface area (Å²) in [6, 6.07) is 8.49. The molecule has 1 aliphatic heterocycles. The van der Waals surface area contributed by atoms with E-state index in [1.54, 1.807) is 0 Å². The highest BCUT2D eigenvalue weighted by Crippen LogP contribution is 2.38. The van der Waals surface area contributed by atoms with Crippen molar-refractivity contribution in [3.05, 3.63) is 50.7 Å². The van der Waals surface area contributed by atoms with E-state index in [2.05, 4.69) is 25.1 Å². The molecule has 0 spiro atoms. The van der Waals surface area contributed by atoms with E-state index in [0.29, 0.717) is 6.61 Å². The predicted octanol–water partition coefficient (Wildman–Crippen LogP) is 4.29. The van der Waals surface area contributed by atoms with E-state index in [9.17, 15) is 0 Å². The summed E-state index contributed by atoms with van der Waals surface area (Å²) in [6.07, 6.45) is 1.18. The molecule has 2 nitrogen and oxygen atoms in total. The van der Waals surface area contributed by atoms with Crippen LogP contribution in [0.3, 0.4) is 0 Å². The van der Waals surface area contributed by atoms with Gasteiger partial charge in [0.25, 0.3) is 0 Å². The molecule has 0 radical (unpaired) electrons. The van der Waals surface area contributed by atoms with Crippen LogP contribution in [-0.2, 0) is 12.2 Å². The second-order valence-corrected chi connectivity index (χ2v) is 7.63. The van der Waals surface area contributed by atoms with Gasteiger partial charge < -0.3 is 10.5 Å². The van der Waals surface area contributed by atoms with Crippen molar-refractivity contribution >= 4 is 23.1 Å². The maximum atomic E-state index is 6.55. The van der Waals surface area contributed by atoms with Crippen LogP contribution in [0.4, 0.5) is 0 Å². The zero-order valence-electron chi connectivity index (χ0n) is 12.5. The van der Waals surface area contributed by atoms with E-state index in [-0.39, 0.29) is 6.04 Å². The fourth-order valence-electron chi connectivity index (χ4n) is 2.67. The van der Waals surface area contributed by atoms with Gasteiger partial charge in [-0.1, -0.05) is 17.7 Å². The van der Waals surface area contributed by atoms with Crippen LogP contribution in [0.15, 0.2) is 24.3 Å². The second kappa shape index (κ2) is 6.42. The van der Waals surface area contributed by atoms with Gasteiger partial charge >= 0.3 is 0 Å². The number of rotatable bonds is 4. The lowest BCUT2D eigenvalue weighted by Crippen LogP contribution is -2.12. The average Bonchev–Trinajstić information content (AvgIpc) is 2.92. The zero-order chi connectivity index (χ0) is 14.8. The van der Waals surface area contributed by atoms with Gasteiger partial charge in [-0.25, -0.2) is 0 Å². The normalized spacial score (nSPS) is 15.6. The Morgan fingerprint density at radius 3 is 2.95 bits per heavy atom. The molecule has 2 heterocycles. The minimum Gasteiger partial charge on any atom is -0.494 e. The third-order valence-corrected chi connectivity index (χ3v) is 6.08. The molecule has 2 N–H and O–H groups in total. The number of aryl methyl sites for hydroxylation is 2. The topological polar surface area (TPSA) is 35.2 Å². The molecular formula is C17H21NOS2. The number of thiophene rings is 1. The Kier molecular flexibility index (Phi) is 4.57. The van der Waals surface area contributed by atoms with Gasteiger partial charge in [0.15, 0.2) is 0 Å². The molecule has 4 heteroatoms. The number of fused-ring (bicyclic) bond motifs is 1. The Balaban J connectivity index is 1.95. The number of hydrogen-bond donors (Lipinski definition) is 1. The third-order valence-electron chi connectivity index (χ3n) is 3.75. The minimum atomic E-state index is -0.0907. The van der Waals surface area contributed by atoms with Crippen molar-refractivity contribution in [3.63, 3.8) is 0 Å². The van der Waals surface area contributed by atoms with E-state index in [4.69, 9.17) is 10.5 Å². The first-order valence-corrected chi connectivity index (χ1v) is 9.34. The summed E-state index contributed by atoms with van der Waals surface area (Å²) in [6.45, 7) is 4.78. The van der Waals surface area contributed by atoms with Crippen LogP contribution < -0.4 is 10.5 Å². The lowest BCUT2D eigenvalue weighted by molar-refractivity contribution is 0.335. The number of benzene rings is 1. The molecule has 2 aromatic rings. The van der Waals surface area contributed by atoms with Crippen molar-refractivity contribution in [2.45, 2.75) is 32.1 Å². The van der Waals surface area contributed by atoms with Crippen LogP contribution in [0.5, 0.6) is 5.75 Å². The molecule has 0 saturated heterocycles. The molecular weight excluding hydrogens is 298 g/mol. The fourth-order valence-corrected chi connectivity index (χ4v) is 5.07. The maximum Gasteiger partial charge on any atom is 0.124 e. The first-order valence-electron chi connectivity index (χ1n) is 7.37. The Labute approximate surface area is 134 Å². The van der Waals surface area contributed by atoms with Crippen molar-refractivity contribution in [3.8, 4) is 5.75 Å². The van der Waals surface area contributed by atoms with Crippen LogP contribution in [0.2, 0.25) is 0 Å². The maximum absolute atomic E-state index is 6.55. The van der Waals surface area contributed by atoms with Gasteiger partial charge in [0, 0.05) is 21.1 Å². The van der Waals surface area contributed by atoms with Crippen LogP contribution in [0.1, 0.15) is 39.4 Å². The highest BCUT2D eigenvalue weighted by Gasteiger charge is 2.20. The van der Waals surface area contributed by atoms with Crippen LogP contribution in [0.25, 0.3) is 0 Å². The van der Waals surface area contributed by atoms with Gasteiger partial charge in [-0.05, 0) is 43.7 Å². The van der Waals surface area contributed by atoms with Crippen molar-refractivity contribution in [2.75, 3.05) is 12.4 Å². The summed E-state index contributed by atoms with van der Waals surface area (Å²) in [5.74, 6) is 3.28. The summed E-state index contributed by atoms with van der Waals surface area (Å²) >= 11 is 3.89. The summed E-state index contributed by atoms with van der Waals surface area (Å²) in [5.41, 5.74) is 10.4. The lowest BCUT2D eigenvalue weighted by atomic mass is 10.0. The molecule has 21 heavy (non-hydrogen) atoms. The van der Waals surface area contributed by atoms with Crippen molar-refractivity contribution < 1.29 is 4.74 Å². The van der Waals surface area contributed by atoms with E-state index in [0.717, 1.165) is 17.1 Å². The van der Waals surface area contributed by atoms with Crippen molar-refractivity contribution in [1.82, 2.24) is 0 Å². The first-order chi connectivity index (χ1) is 10.2. The van der Waals surface area contributed by atoms with Gasteiger partial charge in [-0.2, -0.15) is 11.8 Å². The van der Waals surface area contributed by atoms with Gasteiger partial charge in [0.1, 0.15) is 5.75 Å². The molecule has 1 unspecified atom stereocenters. The summed E-state index contributed by atoms with van der Waals surface area (Å²) in [5, 5.41) is 0. The van der Waals surface area contributed by atoms with E-state index >= 15 is 0 Å². The zero-order valence-corrected chi connectivity index (χ0v) is 14.2. The van der Waals surface area contributed by atoms with Gasteiger partial charge in [0.05, 0.1) is 12.6 Å². The highest BCUT2D eigenvalue weighted by molar-refractivity contribution is 7.98. The molecule has 1 atom stereocenters. The average molecular weight is 319 g/mol. The summed E-state index contributed by atoms with van der Waals surface area (Å²) < 4.78 is 5.76. The summed E-state index contributed by atoms with van der Waals surface area (Å²) in [7, 11) is 0. The molecule has 3 rings (SSSR count). The van der Waals surface area contributed by atoms with E-state index in [1.165, 1.54) is 33.1 Å². The van der Waals surface area contributed by atoms with Gasteiger partial charge in [-0.15, -0.1) is 11.3 Å². The molecule has 0 saturated carbocycles. The molecule has 112 valence electrons. The quantitative estimate of drug-likeness (QED) is 0.913. The first kappa shape index (κ1) is 14.9. The largest absolute Gasteiger partial charge is 0.494 e. The molecule has 1 aromatic heterocycles. The van der Waals surface area contributed by atoms with E-state index < -0.39 is 0 Å². The Morgan fingerprint density at radius 2 is 2.19 bits per heavy atom. The van der Waals surface area contributed by atoms with Crippen LogP contribution >= 0.6 is 23.1 Å². The highest BCUT2D eigenvalue weighted by atomic mass is 32.2. The Morgan fingerprint density at radius 1 is 1.33 bits per heavy atom. The van der Waals surface area contributed by atoms with Crippen molar-refractivity contribution in [1.29, 1.82) is 0 Å². The molecule has 0 amide bonds. The smallest absolute Gasteiger partial charge is 0.124 e. The standard InChI is InChI=1S/C17H21NOS2/c1-3-19-14-5-4-11(2)8-13(14)17(18)16-9-12-10-20-7-6-15(12)21-16/h4-5,8-9,17H,3,6-7,10,18H2,1-2H3. The SMILES string of the molecule is CCOc1ccc(C)cc1C(N)c1cc2c(s1)CCSC2. The lowest BCUT2D eigenvalue weighted by Gasteiger charge is -2.16. The van der Waals surface area contributed by atoms with Gasteiger partial charge in [-0.3, -0.25) is 0 Å². The number of thioether (sulfide) groups is 1. The number of hydrogen-bond acceptors (Lipinski definition) is 4. The number of nitrogens with two attached hydrogens (primary N) is 1. The molecule has 1 aromatic carbocycles. The molecule has 0 aliphatic carbocycles. The second-order valence-electron chi connectivity index (χ2n) is 5.35. The molecule has 0 fully saturated rings. The van der Waals surface area contributed by atoms with Crippen molar-refractivity contribution in [2.24, 2.45) is 5.73 Å². The van der Waals surface area contributed by atoms with Crippen LogP contribution in [-0.4, -0.2) is 12.4 Å². The van der Waals surface area contributed by atoms with E-state index in [1.807, 2.05) is 36.1 Å². The predicted molar refractivity (Wildman–Crippen MR) is 92.6 cm³/mol. The Bertz CT molecular complexity index is 612. The van der Waals surface area contributed by atoms with Gasteiger partial charge in [0.2, 0.25) is 0 Å². The molecule has 0 bridgehead atoms. The minimum absolute atomic E-state index is 0.0907. The monoisotopic (exact) mass is 319 g/mol. The fraction of sp³-hybridized carbons (Fsp3) is 0.412. The van der Waals surface area contributed by atoms with Crippen LogP contribution in [0, 0.1) is 6.92 Å².